The van der Waals surface area contributed by atoms with Crippen LogP contribution in [0.3, 0.4) is 0 Å². The topological polar surface area (TPSA) is 82.6 Å². The maximum atomic E-state index is 13.5. The number of hydrogen-bond acceptors (Lipinski definition) is 6. The molecule has 3 aromatic rings. The Balaban J connectivity index is 1.22. The highest BCUT2D eigenvalue weighted by molar-refractivity contribution is 7.80. The van der Waals surface area contributed by atoms with Crippen LogP contribution >= 0.6 is 24.0 Å². The first kappa shape index (κ1) is 24.5. The van der Waals surface area contributed by atoms with Crippen LogP contribution in [0.4, 0.5) is 0 Å². The van der Waals surface area contributed by atoms with Crippen LogP contribution in [0.25, 0.3) is 10.4 Å². The molecule has 7 nitrogen and oxygen atoms in total. The highest BCUT2D eigenvalue weighted by Crippen LogP contribution is 2.29. The lowest BCUT2D eigenvalue weighted by atomic mass is 10.1. The van der Waals surface area contributed by atoms with Gasteiger partial charge >= 0.3 is 0 Å². The summed E-state index contributed by atoms with van der Waals surface area (Å²) in [4.78, 5) is 48.2. The highest BCUT2D eigenvalue weighted by atomic mass is 32.1. The summed E-state index contributed by atoms with van der Waals surface area (Å²) in [5.41, 5.74) is 6.47. The van der Waals surface area contributed by atoms with Crippen molar-refractivity contribution in [1.82, 2.24) is 20.1 Å². The molecule has 9 heteroatoms. The lowest BCUT2D eigenvalue weighted by Crippen LogP contribution is -2.54. The minimum atomic E-state index is -0.704. The molecular formula is C27H28N4O3S2. The van der Waals surface area contributed by atoms with E-state index in [0.29, 0.717) is 31.6 Å². The predicted molar refractivity (Wildman–Crippen MR) is 143 cm³/mol. The van der Waals surface area contributed by atoms with Gasteiger partial charge in [-0.15, -0.1) is 11.3 Å². The Labute approximate surface area is 219 Å². The summed E-state index contributed by atoms with van der Waals surface area (Å²) in [6, 6.07) is 14.2. The zero-order valence-corrected chi connectivity index (χ0v) is 21.7. The number of hydrogen-bond donors (Lipinski definition) is 2. The van der Waals surface area contributed by atoms with E-state index in [1.165, 1.54) is 0 Å². The Morgan fingerprint density at radius 1 is 1.19 bits per heavy atom. The maximum Gasteiger partial charge on any atom is 0.255 e. The molecule has 1 N–H and O–H groups in total. The number of benzene rings is 2. The fourth-order valence-corrected chi connectivity index (χ4v) is 6.16. The number of nitrogens with zero attached hydrogens (tertiary/aromatic N) is 3. The van der Waals surface area contributed by atoms with E-state index in [0.717, 1.165) is 33.7 Å². The van der Waals surface area contributed by atoms with Crippen LogP contribution in [-0.4, -0.2) is 56.9 Å². The van der Waals surface area contributed by atoms with Gasteiger partial charge in [-0.05, 0) is 42.5 Å². The standard InChI is InChI=1S/C27H28N4O3S2/c1-17-24(36-16-29-17)19-10-8-18(9-11-19)13-28-25(32)22-7-4-12-30(22)27(34)23(15-35)31-14-20-5-2-3-6-21(20)26(31)33/h2-3,5-6,8-11,16,22-23,35H,4,7,12-15H2,1H3,(H,28,32)/t22-,23-/m0/s1. The second-order valence-corrected chi connectivity index (χ2v) is 10.4. The van der Waals surface area contributed by atoms with Crippen LogP contribution in [0.15, 0.2) is 54.0 Å². The molecule has 36 heavy (non-hydrogen) atoms. The minimum Gasteiger partial charge on any atom is -0.350 e. The first-order valence-electron chi connectivity index (χ1n) is 12.0. The Morgan fingerprint density at radius 3 is 2.67 bits per heavy atom. The second-order valence-electron chi connectivity index (χ2n) is 9.16. The molecule has 0 saturated carbocycles. The molecule has 5 rings (SSSR count). The third kappa shape index (κ3) is 4.65. The summed E-state index contributed by atoms with van der Waals surface area (Å²) >= 11 is 6.01. The summed E-state index contributed by atoms with van der Waals surface area (Å²) in [5, 5.41) is 3.00. The zero-order chi connectivity index (χ0) is 25.2. The van der Waals surface area contributed by atoms with Crippen molar-refractivity contribution in [3.8, 4) is 10.4 Å². The van der Waals surface area contributed by atoms with E-state index in [4.69, 9.17) is 0 Å². The van der Waals surface area contributed by atoms with Gasteiger partial charge in [0, 0.05) is 31.0 Å². The van der Waals surface area contributed by atoms with Gasteiger partial charge in [0.15, 0.2) is 0 Å². The number of fused-ring (bicyclic) bond motifs is 1. The number of aromatic nitrogens is 1. The molecular weight excluding hydrogens is 492 g/mol. The Bertz CT molecular complexity index is 1290. The van der Waals surface area contributed by atoms with E-state index in [1.807, 2.05) is 54.9 Å². The molecule has 186 valence electrons. The molecule has 0 spiro atoms. The van der Waals surface area contributed by atoms with Gasteiger partial charge in [0.25, 0.3) is 5.91 Å². The molecule has 2 atom stereocenters. The van der Waals surface area contributed by atoms with Crippen LogP contribution in [0.1, 0.15) is 40.0 Å². The van der Waals surface area contributed by atoms with Crippen LogP contribution in [0.2, 0.25) is 0 Å². The molecule has 3 heterocycles. The summed E-state index contributed by atoms with van der Waals surface area (Å²) in [6.07, 6.45) is 1.36. The van der Waals surface area contributed by atoms with Crippen molar-refractivity contribution in [2.24, 2.45) is 0 Å². The third-order valence-electron chi connectivity index (χ3n) is 6.95. The van der Waals surface area contributed by atoms with Gasteiger partial charge in [0.05, 0.1) is 16.1 Å². The molecule has 1 aromatic heterocycles. The molecule has 0 bridgehead atoms. The fraction of sp³-hybridized carbons (Fsp3) is 0.333. The van der Waals surface area contributed by atoms with E-state index >= 15 is 0 Å². The highest BCUT2D eigenvalue weighted by Gasteiger charge is 2.42. The molecule has 0 radical (unpaired) electrons. The largest absolute Gasteiger partial charge is 0.350 e. The molecule has 1 saturated heterocycles. The van der Waals surface area contributed by atoms with E-state index in [9.17, 15) is 14.4 Å². The first-order chi connectivity index (χ1) is 17.5. The van der Waals surface area contributed by atoms with Gasteiger partial charge < -0.3 is 15.1 Å². The van der Waals surface area contributed by atoms with E-state index in [-0.39, 0.29) is 23.5 Å². The van der Waals surface area contributed by atoms with Crippen LogP contribution in [-0.2, 0) is 22.7 Å². The fourth-order valence-electron chi connectivity index (χ4n) is 4.99. The number of amides is 3. The van der Waals surface area contributed by atoms with Crippen LogP contribution in [0, 0.1) is 6.92 Å². The van der Waals surface area contributed by atoms with Gasteiger partial charge in [-0.25, -0.2) is 4.98 Å². The Morgan fingerprint density at radius 2 is 1.97 bits per heavy atom. The predicted octanol–water partition coefficient (Wildman–Crippen LogP) is 3.68. The van der Waals surface area contributed by atoms with E-state index < -0.39 is 12.1 Å². The van der Waals surface area contributed by atoms with Crippen molar-refractivity contribution in [3.05, 3.63) is 76.4 Å². The third-order valence-corrected chi connectivity index (χ3v) is 8.27. The van der Waals surface area contributed by atoms with Gasteiger partial charge in [0.2, 0.25) is 11.8 Å². The molecule has 2 aliphatic heterocycles. The number of thiol groups is 1. The second kappa shape index (κ2) is 10.4. The van der Waals surface area contributed by atoms with Gasteiger partial charge in [0.1, 0.15) is 12.1 Å². The Hall–Kier alpha value is -3.17. The number of thiazole rings is 1. The maximum absolute atomic E-state index is 13.5. The average Bonchev–Trinajstić information content (AvgIpc) is 3.63. The number of carbonyl (C=O) groups is 3. The smallest absolute Gasteiger partial charge is 0.255 e. The van der Waals surface area contributed by atoms with Crippen molar-refractivity contribution in [3.63, 3.8) is 0 Å². The van der Waals surface area contributed by atoms with E-state index in [1.54, 1.807) is 27.2 Å². The molecule has 0 unspecified atom stereocenters. The molecule has 0 aliphatic carbocycles. The molecule has 2 aliphatic rings. The van der Waals surface area contributed by atoms with Crippen molar-refractivity contribution in [2.45, 2.75) is 44.9 Å². The normalized spacial score (nSPS) is 17.8. The quantitative estimate of drug-likeness (QED) is 0.466. The number of aryl methyl sites for hydroxylation is 1. The number of rotatable bonds is 7. The summed E-state index contributed by atoms with van der Waals surface area (Å²) in [6.45, 7) is 3.26. The number of likely N-dealkylation sites (tertiary alicyclic amines) is 1. The molecule has 3 amide bonds. The van der Waals surface area contributed by atoms with Gasteiger partial charge in [-0.2, -0.15) is 12.6 Å². The number of carbonyl (C=O) groups excluding carboxylic acids is 3. The van der Waals surface area contributed by atoms with Crippen molar-refractivity contribution >= 4 is 41.7 Å². The van der Waals surface area contributed by atoms with Crippen molar-refractivity contribution in [1.29, 1.82) is 0 Å². The van der Waals surface area contributed by atoms with Gasteiger partial charge in [-0.3, -0.25) is 14.4 Å². The number of nitrogens with one attached hydrogen (secondary N) is 1. The van der Waals surface area contributed by atoms with Gasteiger partial charge in [-0.1, -0.05) is 42.5 Å². The van der Waals surface area contributed by atoms with E-state index in [2.05, 4.69) is 22.9 Å². The van der Waals surface area contributed by atoms with Crippen molar-refractivity contribution in [2.75, 3.05) is 12.3 Å². The minimum absolute atomic E-state index is 0.157. The summed E-state index contributed by atoms with van der Waals surface area (Å²) in [7, 11) is 0. The lowest BCUT2D eigenvalue weighted by molar-refractivity contribution is -0.141. The average molecular weight is 521 g/mol. The summed E-state index contributed by atoms with van der Waals surface area (Å²) < 4.78 is 0. The Kier molecular flexibility index (Phi) is 7.11. The molecule has 2 aromatic carbocycles. The summed E-state index contributed by atoms with van der Waals surface area (Å²) in [5.74, 6) is -0.338. The SMILES string of the molecule is Cc1ncsc1-c1ccc(CNC(=O)[C@@H]2CCCN2C(=O)[C@H](CS)N2Cc3ccccc3C2=O)cc1. The first-order valence-corrected chi connectivity index (χ1v) is 13.6. The molecule has 1 fully saturated rings. The van der Waals surface area contributed by atoms with Crippen molar-refractivity contribution < 1.29 is 14.4 Å². The van der Waals surface area contributed by atoms with Crippen LogP contribution < -0.4 is 5.32 Å². The van der Waals surface area contributed by atoms with Crippen LogP contribution in [0.5, 0.6) is 0 Å². The zero-order valence-electron chi connectivity index (χ0n) is 20.0. The lowest BCUT2D eigenvalue weighted by Gasteiger charge is -2.32. The monoisotopic (exact) mass is 520 g/mol.